The maximum atomic E-state index is 11.9. The van der Waals surface area contributed by atoms with E-state index >= 15 is 0 Å². The van der Waals surface area contributed by atoms with Gasteiger partial charge in [-0.05, 0) is 44.6 Å². The highest BCUT2D eigenvalue weighted by atomic mass is 16.1. The number of rotatable bonds is 6. The first-order valence-electron chi connectivity index (χ1n) is 7.37. The van der Waals surface area contributed by atoms with Crippen molar-refractivity contribution in [2.45, 2.75) is 38.4 Å². The van der Waals surface area contributed by atoms with Crippen molar-refractivity contribution in [1.82, 2.24) is 15.5 Å². The van der Waals surface area contributed by atoms with Crippen molar-refractivity contribution in [2.75, 3.05) is 20.6 Å². The summed E-state index contributed by atoms with van der Waals surface area (Å²) < 4.78 is 0. The highest BCUT2D eigenvalue weighted by Gasteiger charge is 2.17. The molecule has 0 saturated carbocycles. The van der Waals surface area contributed by atoms with Gasteiger partial charge in [-0.1, -0.05) is 24.3 Å². The summed E-state index contributed by atoms with van der Waals surface area (Å²) in [5.74, 6) is 0.143. The Morgan fingerprint density at radius 1 is 1.35 bits per heavy atom. The number of amides is 1. The minimum atomic E-state index is 0.143. The number of benzene rings is 1. The third kappa shape index (κ3) is 4.62. The number of nitrogens with one attached hydrogen (secondary N) is 2. The third-order valence-electron chi connectivity index (χ3n) is 3.68. The van der Waals surface area contributed by atoms with Gasteiger partial charge in [-0.3, -0.25) is 4.79 Å². The van der Waals surface area contributed by atoms with Gasteiger partial charge in [0.25, 0.3) is 0 Å². The lowest BCUT2D eigenvalue weighted by atomic mass is 10.1. The van der Waals surface area contributed by atoms with Crippen LogP contribution in [0, 0.1) is 0 Å². The van der Waals surface area contributed by atoms with E-state index in [2.05, 4.69) is 41.8 Å². The maximum absolute atomic E-state index is 11.9. The van der Waals surface area contributed by atoms with E-state index in [9.17, 15) is 4.79 Å². The molecule has 1 atom stereocenters. The molecule has 2 rings (SSSR count). The van der Waals surface area contributed by atoms with E-state index in [1.807, 2.05) is 12.1 Å². The van der Waals surface area contributed by atoms with E-state index in [1.165, 1.54) is 17.5 Å². The Bertz CT molecular complexity index is 439. The Morgan fingerprint density at radius 2 is 2.10 bits per heavy atom. The van der Waals surface area contributed by atoms with Crippen LogP contribution < -0.4 is 10.6 Å². The number of hydrogen-bond donors (Lipinski definition) is 2. The van der Waals surface area contributed by atoms with Crippen molar-refractivity contribution in [3.05, 3.63) is 35.4 Å². The van der Waals surface area contributed by atoms with Gasteiger partial charge >= 0.3 is 0 Å². The van der Waals surface area contributed by atoms with E-state index in [0.29, 0.717) is 19.0 Å². The van der Waals surface area contributed by atoms with Gasteiger partial charge in [0.05, 0.1) is 0 Å². The Labute approximate surface area is 121 Å². The summed E-state index contributed by atoms with van der Waals surface area (Å²) in [6.45, 7) is 2.56. The summed E-state index contributed by atoms with van der Waals surface area (Å²) in [5.41, 5.74) is 2.48. The molecule has 0 aromatic heterocycles. The van der Waals surface area contributed by atoms with Crippen LogP contribution in [-0.2, 0) is 17.9 Å². The highest BCUT2D eigenvalue weighted by molar-refractivity contribution is 5.76. The molecule has 2 N–H and O–H groups in total. The number of carbonyl (C=O) groups is 1. The zero-order valence-corrected chi connectivity index (χ0v) is 12.5. The van der Waals surface area contributed by atoms with Gasteiger partial charge < -0.3 is 15.5 Å². The molecule has 0 bridgehead atoms. The van der Waals surface area contributed by atoms with Crippen molar-refractivity contribution < 1.29 is 4.79 Å². The van der Waals surface area contributed by atoms with Gasteiger partial charge in [-0.15, -0.1) is 0 Å². The van der Waals surface area contributed by atoms with Crippen LogP contribution in [0.15, 0.2) is 24.3 Å². The average molecular weight is 275 g/mol. The van der Waals surface area contributed by atoms with E-state index in [-0.39, 0.29) is 5.91 Å². The molecule has 110 valence electrons. The van der Waals surface area contributed by atoms with Crippen LogP contribution in [0.4, 0.5) is 0 Å². The molecule has 0 radical (unpaired) electrons. The first kappa shape index (κ1) is 15.0. The predicted octanol–water partition coefficient (Wildman–Crippen LogP) is 1.51. The number of carbonyl (C=O) groups excluding carboxylic acids is 1. The second kappa shape index (κ2) is 7.41. The van der Waals surface area contributed by atoms with Crippen LogP contribution in [-0.4, -0.2) is 37.5 Å². The zero-order chi connectivity index (χ0) is 14.4. The second-order valence-electron chi connectivity index (χ2n) is 5.78. The van der Waals surface area contributed by atoms with Crippen LogP contribution in [0.1, 0.15) is 30.4 Å². The van der Waals surface area contributed by atoms with E-state index in [0.717, 1.165) is 19.5 Å². The molecule has 20 heavy (non-hydrogen) atoms. The lowest BCUT2D eigenvalue weighted by Crippen LogP contribution is -2.31. The summed E-state index contributed by atoms with van der Waals surface area (Å²) >= 11 is 0. The molecular weight excluding hydrogens is 250 g/mol. The van der Waals surface area contributed by atoms with Crippen molar-refractivity contribution in [1.29, 1.82) is 0 Å². The van der Waals surface area contributed by atoms with Gasteiger partial charge in [-0.25, -0.2) is 0 Å². The van der Waals surface area contributed by atoms with Crippen LogP contribution in [0.25, 0.3) is 0 Å². The molecule has 1 aliphatic rings. The summed E-state index contributed by atoms with van der Waals surface area (Å²) in [5, 5.41) is 6.40. The third-order valence-corrected chi connectivity index (χ3v) is 3.68. The van der Waals surface area contributed by atoms with Gasteiger partial charge in [-0.2, -0.15) is 0 Å². The molecule has 0 spiro atoms. The monoisotopic (exact) mass is 275 g/mol. The lowest BCUT2D eigenvalue weighted by Gasteiger charge is -2.15. The topological polar surface area (TPSA) is 44.4 Å². The molecule has 1 heterocycles. The molecule has 0 aliphatic carbocycles. The second-order valence-corrected chi connectivity index (χ2v) is 5.78. The molecule has 1 aliphatic heterocycles. The largest absolute Gasteiger partial charge is 0.352 e. The van der Waals surface area contributed by atoms with Gasteiger partial charge in [0.15, 0.2) is 0 Å². The average Bonchev–Trinajstić information content (AvgIpc) is 2.90. The maximum Gasteiger partial charge on any atom is 0.221 e. The van der Waals surface area contributed by atoms with Crippen molar-refractivity contribution in [3.63, 3.8) is 0 Å². The fourth-order valence-electron chi connectivity index (χ4n) is 2.65. The van der Waals surface area contributed by atoms with Crippen molar-refractivity contribution in [3.8, 4) is 0 Å². The Hall–Kier alpha value is -1.39. The van der Waals surface area contributed by atoms with E-state index in [1.54, 1.807) is 0 Å². The van der Waals surface area contributed by atoms with Gasteiger partial charge in [0.2, 0.25) is 5.91 Å². The molecule has 1 aromatic carbocycles. The molecule has 4 nitrogen and oxygen atoms in total. The molecule has 1 unspecified atom stereocenters. The predicted molar refractivity (Wildman–Crippen MR) is 81.3 cm³/mol. The Kier molecular flexibility index (Phi) is 5.56. The minimum Gasteiger partial charge on any atom is -0.352 e. The minimum absolute atomic E-state index is 0.143. The summed E-state index contributed by atoms with van der Waals surface area (Å²) in [6.07, 6.45) is 2.89. The number of hydrogen-bond acceptors (Lipinski definition) is 3. The van der Waals surface area contributed by atoms with Crippen molar-refractivity contribution in [2.24, 2.45) is 0 Å². The Balaban J connectivity index is 1.84. The molecule has 1 fully saturated rings. The fourth-order valence-corrected chi connectivity index (χ4v) is 2.65. The summed E-state index contributed by atoms with van der Waals surface area (Å²) in [7, 11) is 4.11. The van der Waals surface area contributed by atoms with E-state index in [4.69, 9.17) is 0 Å². The van der Waals surface area contributed by atoms with Gasteiger partial charge in [0, 0.05) is 25.6 Å². The van der Waals surface area contributed by atoms with Crippen LogP contribution in [0.5, 0.6) is 0 Å². The highest BCUT2D eigenvalue weighted by Crippen LogP contribution is 2.11. The Morgan fingerprint density at radius 3 is 2.75 bits per heavy atom. The van der Waals surface area contributed by atoms with Gasteiger partial charge in [0.1, 0.15) is 0 Å². The first-order chi connectivity index (χ1) is 9.65. The standard InChI is InChI=1S/C16H25N3O/c1-19(2)12-14-7-4-3-6-13(14)11-18-16(20)10-15-8-5-9-17-15/h3-4,6-7,15,17H,5,8-12H2,1-2H3,(H,18,20). The van der Waals surface area contributed by atoms with Crippen molar-refractivity contribution >= 4 is 5.91 Å². The van der Waals surface area contributed by atoms with Crippen LogP contribution in [0.2, 0.25) is 0 Å². The smallest absolute Gasteiger partial charge is 0.221 e. The summed E-state index contributed by atoms with van der Waals surface area (Å²) in [6, 6.07) is 8.66. The summed E-state index contributed by atoms with van der Waals surface area (Å²) in [4.78, 5) is 14.1. The quantitative estimate of drug-likeness (QED) is 0.827. The SMILES string of the molecule is CN(C)Cc1ccccc1CNC(=O)CC1CCCN1. The molecule has 4 heteroatoms. The first-order valence-corrected chi connectivity index (χ1v) is 7.37. The normalized spacial score (nSPS) is 18.4. The van der Waals surface area contributed by atoms with Crippen LogP contribution >= 0.6 is 0 Å². The lowest BCUT2D eigenvalue weighted by molar-refractivity contribution is -0.121. The molecule has 1 saturated heterocycles. The molecular formula is C16H25N3O. The fraction of sp³-hybridized carbons (Fsp3) is 0.562. The van der Waals surface area contributed by atoms with Crippen LogP contribution in [0.3, 0.4) is 0 Å². The van der Waals surface area contributed by atoms with E-state index < -0.39 is 0 Å². The molecule has 1 amide bonds. The zero-order valence-electron chi connectivity index (χ0n) is 12.5. The molecule has 1 aromatic rings. The number of nitrogens with zero attached hydrogens (tertiary/aromatic N) is 1.